The second kappa shape index (κ2) is 5.69. The van der Waals surface area contributed by atoms with Gasteiger partial charge in [0.1, 0.15) is 6.04 Å². The standard InChI is InChI=1S/C13H23N3O2/c1-3-8-16-13(18)10-7-5-4-6-9(10)11(15-16)12(17)14-2/h9-11,15H,3-8H2,1-2H3,(H,14,17). The van der Waals surface area contributed by atoms with Crippen molar-refractivity contribution < 1.29 is 9.59 Å². The minimum Gasteiger partial charge on any atom is -0.358 e. The number of nitrogens with zero attached hydrogens (tertiary/aromatic N) is 1. The van der Waals surface area contributed by atoms with E-state index < -0.39 is 0 Å². The van der Waals surface area contributed by atoms with Gasteiger partial charge in [-0.15, -0.1) is 0 Å². The Morgan fingerprint density at radius 3 is 2.83 bits per heavy atom. The third-order valence-electron chi connectivity index (χ3n) is 4.10. The van der Waals surface area contributed by atoms with Gasteiger partial charge in [0.2, 0.25) is 11.8 Å². The van der Waals surface area contributed by atoms with E-state index in [4.69, 9.17) is 0 Å². The Bertz CT molecular complexity index is 332. The fourth-order valence-corrected chi connectivity index (χ4v) is 3.20. The molecule has 0 aromatic heterocycles. The van der Waals surface area contributed by atoms with Crippen LogP contribution in [0.2, 0.25) is 0 Å². The van der Waals surface area contributed by atoms with Crippen molar-refractivity contribution in [2.45, 2.75) is 45.1 Å². The SMILES string of the molecule is CCCN1NC(C(=O)NC)C2CCCCC2C1=O. The first-order chi connectivity index (χ1) is 8.69. The van der Waals surface area contributed by atoms with Gasteiger partial charge < -0.3 is 5.32 Å². The van der Waals surface area contributed by atoms with E-state index in [9.17, 15) is 9.59 Å². The van der Waals surface area contributed by atoms with Crippen LogP contribution in [-0.4, -0.2) is 36.5 Å². The average Bonchev–Trinajstić information content (AvgIpc) is 2.41. The van der Waals surface area contributed by atoms with Gasteiger partial charge in [-0.3, -0.25) is 14.6 Å². The highest BCUT2D eigenvalue weighted by atomic mass is 16.2. The molecule has 5 heteroatoms. The first-order valence-corrected chi connectivity index (χ1v) is 6.98. The largest absolute Gasteiger partial charge is 0.358 e. The number of nitrogens with one attached hydrogen (secondary N) is 2. The van der Waals surface area contributed by atoms with E-state index in [1.54, 1.807) is 12.1 Å². The summed E-state index contributed by atoms with van der Waals surface area (Å²) in [5.74, 6) is 0.385. The summed E-state index contributed by atoms with van der Waals surface area (Å²) in [4.78, 5) is 24.3. The third-order valence-corrected chi connectivity index (χ3v) is 4.10. The molecule has 2 N–H and O–H groups in total. The van der Waals surface area contributed by atoms with Gasteiger partial charge in [-0.25, -0.2) is 5.43 Å². The average molecular weight is 253 g/mol. The summed E-state index contributed by atoms with van der Waals surface area (Å²) >= 11 is 0. The highest BCUT2D eigenvalue weighted by Crippen LogP contribution is 2.36. The molecule has 2 rings (SSSR count). The number of amides is 2. The highest BCUT2D eigenvalue weighted by molar-refractivity contribution is 5.87. The number of fused-ring (bicyclic) bond motifs is 1. The Morgan fingerprint density at radius 1 is 1.44 bits per heavy atom. The van der Waals surface area contributed by atoms with Gasteiger partial charge in [-0.1, -0.05) is 19.8 Å². The van der Waals surface area contributed by atoms with E-state index in [0.717, 1.165) is 32.1 Å². The molecule has 1 heterocycles. The summed E-state index contributed by atoms with van der Waals surface area (Å²) in [5, 5.41) is 4.36. The molecule has 1 saturated carbocycles. The maximum atomic E-state index is 12.3. The van der Waals surface area contributed by atoms with Crippen LogP contribution in [0.15, 0.2) is 0 Å². The number of likely N-dealkylation sites (N-methyl/N-ethyl adjacent to an activating group) is 1. The fraction of sp³-hybridized carbons (Fsp3) is 0.846. The topological polar surface area (TPSA) is 61.4 Å². The highest BCUT2D eigenvalue weighted by Gasteiger charge is 2.45. The summed E-state index contributed by atoms with van der Waals surface area (Å²) in [6, 6.07) is -0.246. The molecule has 0 aromatic rings. The first-order valence-electron chi connectivity index (χ1n) is 6.98. The smallest absolute Gasteiger partial charge is 0.240 e. The molecule has 0 spiro atoms. The number of rotatable bonds is 3. The number of carbonyl (C=O) groups excluding carboxylic acids is 2. The molecule has 5 nitrogen and oxygen atoms in total. The van der Waals surface area contributed by atoms with Crippen molar-refractivity contribution in [2.75, 3.05) is 13.6 Å². The lowest BCUT2D eigenvalue weighted by Gasteiger charge is -2.45. The van der Waals surface area contributed by atoms with Crippen molar-refractivity contribution in [1.29, 1.82) is 0 Å². The van der Waals surface area contributed by atoms with Crippen molar-refractivity contribution in [3.63, 3.8) is 0 Å². The molecule has 2 aliphatic rings. The molecular formula is C13H23N3O2. The van der Waals surface area contributed by atoms with E-state index in [2.05, 4.69) is 10.7 Å². The lowest BCUT2D eigenvalue weighted by molar-refractivity contribution is -0.154. The van der Waals surface area contributed by atoms with Crippen LogP contribution in [0.5, 0.6) is 0 Å². The van der Waals surface area contributed by atoms with Gasteiger partial charge in [0, 0.05) is 19.5 Å². The predicted molar refractivity (Wildman–Crippen MR) is 68.4 cm³/mol. The maximum Gasteiger partial charge on any atom is 0.240 e. The molecule has 2 amide bonds. The van der Waals surface area contributed by atoms with Crippen LogP contribution in [0, 0.1) is 11.8 Å². The quantitative estimate of drug-likeness (QED) is 0.777. The molecule has 1 aliphatic heterocycles. The summed E-state index contributed by atoms with van der Waals surface area (Å²) in [5.41, 5.74) is 3.13. The summed E-state index contributed by atoms with van der Waals surface area (Å²) in [6.07, 6.45) is 5.03. The van der Waals surface area contributed by atoms with Crippen LogP contribution in [0.4, 0.5) is 0 Å². The Kier molecular flexibility index (Phi) is 4.22. The summed E-state index contributed by atoms with van der Waals surface area (Å²) in [7, 11) is 1.66. The monoisotopic (exact) mass is 253 g/mol. The predicted octanol–water partition coefficient (Wildman–Crippen LogP) is 0.664. The van der Waals surface area contributed by atoms with Gasteiger partial charge >= 0.3 is 0 Å². The van der Waals surface area contributed by atoms with E-state index in [-0.39, 0.29) is 29.7 Å². The number of carbonyl (C=O) groups is 2. The van der Waals surface area contributed by atoms with Crippen LogP contribution in [0.25, 0.3) is 0 Å². The molecule has 1 saturated heterocycles. The lowest BCUT2D eigenvalue weighted by atomic mass is 9.73. The lowest BCUT2D eigenvalue weighted by Crippen LogP contribution is -2.65. The summed E-state index contributed by atoms with van der Waals surface area (Å²) < 4.78 is 0. The zero-order valence-electron chi connectivity index (χ0n) is 11.2. The third kappa shape index (κ3) is 2.36. The van der Waals surface area contributed by atoms with Crippen molar-refractivity contribution in [2.24, 2.45) is 11.8 Å². The van der Waals surface area contributed by atoms with Crippen LogP contribution >= 0.6 is 0 Å². The van der Waals surface area contributed by atoms with E-state index in [1.807, 2.05) is 6.92 Å². The molecule has 0 aromatic carbocycles. The Balaban J connectivity index is 2.18. The van der Waals surface area contributed by atoms with Crippen LogP contribution in [-0.2, 0) is 9.59 Å². The first kappa shape index (κ1) is 13.3. The zero-order valence-corrected chi connectivity index (χ0v) is 11.2. The minimum absolute atomic E-state index is 0.000466. The molecule has 3 unspecified atom stereocenters. The van der Waals surface area contributed by atoms with Gasteiger partial charge in [0.05, 0.1) is 0 Å². The van der Waals surface area contributed by atoms with E-state index in [0.29, 0.717) is 6.54 Å². The molecule has 102 valence electrons. The molecule has 0 bridgehead atoms. The molecular weight excluding hydrogens is 230 g/mol. The van der Waals surface area contributed by atoms with E-state index in [1.165, 1.54) is 0 Å². The van der Waals surface area contributed by atoms with Gasteiger partial charge in [0.25, 0.3) is 0 Å². The van der Waals surface area contributed by atoms with Crippen molar-refractivity contribution >= 4 is 11.8 Å². The minimum atomic E-state index is -0.246. The van der Waals surface area contributed by atoms with Gasteiger partial charge in [-0.05, 0) is 25.2 Å². The normalized spacial score (nSPS) is 32.0. The molecule has 0 radical (unpaired) electrons. The zero-order chi connectivity index (χ0) is 13.1. The second-order valence-corrected chi connectivity index (χ2v) is 5.27. The van der Waals surface area contributed by atoms with Gasteiger partial charge in [0.15, 0.2) is 0 Å². The fourth-order valence-electron chi connectivity index (χ4n) is 3.20. The van der Waals surface area contributed by atoms with Crippen LogP contribution in [0.1, 0.15) is 39.0 Å². The Labute approximate surface area is 108 Å². The Morgan fingerprint density at radius 2 is 2.17 bits per heavy atom. The molecule has 1 aliphatic carbocycles. The maximum absolute atomic E-state index is 12.3. The molecule has 3 atom stereocenters. The summed E-state index contributed by atoms with van der Waals surface area (Å²) in [6.45, 7) is 2.71. The van der Waals surface area contributed by atoms with Crippen molar-refractivity contribution in [3.8, 4) is 0 Å². The molecule has 2 fully saturated rings. The van der Waals surface area contributed by atoms with Crippen LogP contribution < -0.4 is 10.7 Å². The number of hydrogen-bond donors (Lipinski definition) is 2. The van der Waals surface area contributed by atoms with Crippen LogP contribution in [0.3, 0.4) is 0 Å². The van der Waals surface area contributed by atoms with E-state index >= 15 is 0 Å². The molecule has 18 heavy (non-hydrogen) atoms. The Hall–Kier alpha value is -1.10. The number of hydrogen-bond acceptors (Lipinski definition) is 3. The second-order valence-electron chi connectivity index (χ2n) is 5.27. The number of hydrazine groups is 1. The van der Waals surface area contributed by atoms with Gasteiger partial charge in [-0.2, -0.15) is 0 Å². The van der Waals surface area contributed by atoms with Crippen molar-refractivity contribution in [1.82, 2.24) is 15.8 Å². The van der Waals surface area contributed by atoms with Crippen molar-refractivity contribution in [3.05, 3.63) is 0 Å².